The van der Waals surface area contributed by atoms with Gasteiger partial charge in [0.15, 0.2) is 0 Å². The first-order chi connectivity index (χ1) is 33.5. The summed E-state index contributed by atoms with van der Waals surface area (Å²) in [5.41, 5.74) is 21.8. The summed E-state index contributed by atoms with van der Waals surface area (Å²) in [6.45, 7) is 9.23. The number of hydrogen-bond donors (Lipinski definition) is 0. The van der Waals surface area contributed by atoms with E-state index in [0.29, 0.717) is 0 Å². The quantitative estimate of drug-likeness (QED) is 0.120. The zero-order chi connectivity index (χ0) is 44.6. The van der Waals surface area contributed by atoms with Crippen molar-refractivity contribution in [2.24, 2.45) is 0 Å². The van der Waals surface area contributed by atoms with Gasteiger partial charge < -0.3 is 0 Å². The maximum Gasteiger partial charge on any atom is -0.000717 e. The van der Waals surface area contributed by atoms with Crippen molar-refractivity contribution in [3.8, 4) is 66.8 Å². The topological polar surface area (TPSA) is 0 Å². The van der Waals surface area contributed by atoms with E-state index >= 15 is 0 Å². The summed E-state index contributed by atoms with van der Waals surface area (Å²) in [7, 11) is 0. The Morgan fingerprint density at radius 3 is 0.897 bits per heavy atom. The highest BCUT2D eigenvalue weighted by Gasteiger charge is 2.34. The third kappa shape index (κ3) is 3.91. The summed E-state index contributed by atoms with van der Waals surface area (Å²) in [6.07, 6.45) is 0. The van der Waals surface area contributed by atoms with Gasteiger partial charge in [-0.25, -0.2) is 0 Å². The van der Waals surface area contributed by atoms with Crippen molar-refractivity contribution in [3.05, 3.63) is 192 Å². The molecule has 0 radical (unpaired) electrons. The van der Waals surface area contributed by atoms with Gasteiger partial charge in [-0.2, -0.15) is 0 Å². The van der Waals surface area contributed by atoms with Crippen LogP contribution in [0.5, 0.6) is 0 Å². The fourth-order valence-corrected chi connectivity index (χ4v) is 14.6. The Kier molecular flexibility index (Phi) is 6.32. The van der Waals surface area contributed by atoms with Crippen LogP contribution in [0.1, 0.15) is 22.3 Å². The largest absolute Gasteiger partial charge is 0.0622 e. The van der Waals surface area contributed by atoms with Crippen molar-refractivity contribution in [1.82, 2.24) is 0 Å². The van der Waals surface area contributed by atoms with Crippen LogP contribution in [-0.4, -0.2) is 0 Å². The molecule has 0 atom stereocenters. The zero-order valence-electron chi connectivity index (χ0n) is 38.2. The summed E-state index contributed by atoms with van der Waals surface area (Å²) in [6, 6.07) is 65.8. The predicted molar refractivity (Wildman–Crippen MR) is 294 cm³/mol. The summed E-state index contributed by atoms with van der Waals surface area (Å²) >= 11 is 0. The molecular weight excluding hydrogens is 817 g/mol. The Morgan fingerprint density at radius 2 is 0.485 bits per heavy atom. The Hall–Kier alpha value is -8.32. The predicted octanol–water partition coefficient (Wildman–Crippen LogP) is 19.4. The second-order valence-corrected chi connectivity index (χ2v) is 20.2. The number of rotatable bonds is 2. The Balaban J connectivity index is 1.08. The number of hydrogen-bond acceptors (Lipinski definition) is 0. The highest BCUT2D eigenvalue weighted by Crippen LogP contribution is 2.61. The van der Waals surface area contributed by atoms with E-state index in [-0.39, 0.29) is 0 Å². The molecule has 15 aromatic carbocycles. The molecule has 0 fully saturated rings. The monoisotopic (exact) mass is 856 g/mol. The van der Waals surface area contributed by atoms with Crippen molar-refractivity contribution < 1.29 is 0 Å². The van der Waals surface area contributed by atoms with Crippen LogP contribution in [0.15, 0.2) is 170 Å². The van der Waals surface area contributed by atoms with Gasteiger partial charge in [-0.05, 0) is 224 Å². The molecule has 17 rings (SSSR count). The molecule has 68 heavy (non-hydrogen) atoms. The lowest BCUT2D eigenvalue weighted by atomic mass is 9.87. The molecule has 0 bridgehead atoms. The third-order valence-corrected chi connectivity index (χ3v) is 17.2. The normalized spacial score (nSPS) is 13.0. The molecule has 0 N–H and O–H groups in total. The van der Waals surface area contributed by atoms with E-state index in [0.717, 1.165) is 0 Å². The van der Waals surface area contributed by atoms with Gasteiger partial charge in [-0.1, -0.05) is 170 Å². The molecule has 0 saturated heterocycles. The second-order valence-electron chi connectivity index (χ2n) is 20.2. The van der Waals surface area contributed by atoms with Crippen LogP contribution >= 0.6 is 0 Å². The van der Waals surface area contributed by atoms with Gasteiger partial charge in [-0.3, -0.25) is 0 Å². The lowest BCUT2D eigenvalue weighted by Gasteiger charge is -2.16. The van der Waals surface area contributed by atoms with Crippen LogP contribution in [0.4, 0.5) is 0 Å². The fourth-order valence-electron chi connectivity index (χ4n) is 14.6. The standard InChI is InChI=1S/C68H40/c1-33-19-20-34(2)54-46-26-22-42-44-24-28-50-63-49(27-23-43(60(44)63)41-21-25-45(53(33)54)61(46)59(41)42)65-57(37-13-7-5-8-14-37)67-51-31-29-47-55-35(3)39-17-11-12-18-40(39)36(4)56(55)48-30-32-52(64(51)62(47)48)68(67)58(66(50)65)38-15-9-6-10-16-38/h5-32H,1-4H3. The van der Waals surface area contributed by atoms with E-state index in [9.17, 15) is 0 Å². The second kappa shape index (κ2) is 12.0. The molecule has 0 unspecified atom stereocenters. The first kappa shape index (κ1) is 35.9. The maximum absolute atomic E-state index is 2.49. The van der Waals surface area contributed by atoms with Gasteiger partial charge in [0.05, 0.1) is 0 Å². The lowest BCUT2D eigenvalue weighted by molar-refractivity contribution is 1.41. The van der Waals surface area contributed by atoms with E-state index in [2.05, 4.69) is 198 Å². The highest BCUT2D eigenvalue weighted by molar-refractivity contribution is 6.50. The van der Waals surface area contributed by atoms with Crippen LogP contribution in [0.3, 0.4) is 0 Å². The van der Waals surface area contributed by atoms with Gasteiger partial charge in [0.2, 0.25) is 0 Å². The molecular formula is C68H40. The van der Waals surface area contributed by atoms with Crippen molar-refractivity contribution in [1.29, 1.82) is 0 Å². The first-order valence-corrected chi connectivity index (χ1v) is 24.3. The highest BCUT2D eigenvalue weighted by atomic mass is 14.4. The van der Waals surface area contributed by atoms with E-state index in [1.807, 2.05) is 0 Å². The van der Waals surface area contributed by atoms with E-state index in [1.165, 1.54) is 197 Å². The Morgan fingerprint density at radius 1 is 0.191 bits per heavy atom. The van der Waals surface area contributed by atoms with Gasteiger partial charge in [0, 0.05) is 0 Å². The van der Waals surface area contributed by atoms with Crippen LogP contribution in [0, 0.1) is 27.7 Å². The number of aryl methyl sites for hydroxylation is 4. The van der Waals surface area contributed by atoms with Crippen LogP contribution in [-0.2, 0) is 0 Å². The summed E-state index contributed by atoms with van der Waals surface area (Å²) in [5.74, 6) is 0. The fraction of sp³-hybridized carbons (Fsp3) is 0.0588. The Bertz CT molecular complexity index is 4540. The molecule has 2 aliphatic carbocycles. The third-order valence-electron chi connectivity index (χ3n) is 17.2. The summed E-state index contributed by atoms with van der Waals surface area (Å²) in [4.78, 5) is 0. The van der Waals surface area contributed by atoms with Crippen LogP contribution in [0.2, 0.25) is 0 Å². The molecule has 0 heteroatoms. The molecule has 0 aromatic heterocycles. The van der Waals surface area contributed by atoms with Crippen molar-refractivity contribution in [2.75, 3.05) is 0 Å². The van der Waals surface area contributed by atoms with Gasteiger partial charge in [0.1, 0.15) is 0 Å². The molecule has 2 aliphatic rings. The average Bonchev–Trinajstić information content (AvgIpc) is 4.12. The van der Waals surface area contributed by atoms with E-state index < -0.39 is 0 Å². The minimum Gasteiger partial charge on any atom is -0.0622 e. The van der Waals surface area contributed by atoms with Crippen molar-refractivity contribution in [2.45, 2.75) is 27.7 Å². The van der Waals surface area contributed by atoms with Gasteiger partial charge in [-0.15, -0.1) is 0 Å². The number of benzene rings is 13. The minimum absolute atomic E-state index is 1.26. The summed E-state index contributed by atoms with van der Waals surface area (Å²) < 4.78 is 0. The molecule has 0 spiro atoms. The molecule has 0 heterocycles. The molecule has 312 valence electrons. The lowest BCUT2D eigenvalue weighted by Crippen LogP contribution is -1.91. The zero-order valence-corrected chi connectivity index (χ0v) is 38.2. The van der Waals surface area contributed by atoms with Gasteiger partial charge in [0.25, 0.3) is 0 Å². The number of fused-ring (bicyclic) bond motifs is 15. The van der Waals surface area contributed by atoms with Crippen molar-refractivity contribution >= 4 is 108 Å². The van der Waals surface area contributed by atoms with E-state index in [4.69, 9.17) is 0 Å². The van der Waals surface area contributed by atoms with Crippen LogP contribution < -0.4 is 0 Å². The smallest absolute Gasteiger partial charge is 0.000717 e. The molecule has 0 amide bonds. The SMILES string of the molecule is Cc1ccc(C)c2c1-c1ccc3c4ccc5c6c(-c7ccccc7)c7c8ccc9c%10c(ccc(c7c(-c7ccccc7)c6c6ccc(c7ccc-2c1c37)c4c56)c%108)-c1c-9c(C)c2ccccc2c1C. The van der Waals surface area contributed by atoms with E-state index in [1.54, 1.807) is 0 Å². The molecule has 15 aromatic rings. The molecule has 0 nitrogen and oxygen atoms in total. The Labute approximate surface area is 392 Å². The first-order valence-electron chi connectivity index (χ1n) is 24.3. The van der Waals surface area contributed by atoms with Crippen LogP contribution in [0.25, 0.3) is 174 Å². The molecule has 0 aliphatic heterocycles. The minimum atomic E-state index is 1.26. The molecule has 0 saturated carbocycles. The van der Waals surface area contributed by atoms with Gasteiger partial charge >= 0.3 is 0 Å². The summed E-state index contributed by atoms with van der Waals surface area (Å²) in [5, 5.41) is 27.3. The maximum atomic E-state index is 2.49. The van der Waals surface area contributed by atoms with Crippen molar-refractivity contribution in [3.63, 3.8) is 0 Å². The average molecular weight is 857 g/mol.